The Bertz CT molecular complexity index is 729. The molecule has 1 aliphatic rings. The summed E-state index contributed by atoms with van der Waals surface area (Å²) in [7, 11) is 2.36. The molecule has 8 heteroatoms. The van der Waals surface area contributed by atoms with Crippen LogP contribution in [0, 0.1) is 0 Å². The molecule has 0 saturated heterocycles. The first kappa shape index (κ1) is 20.3. The summed E-state index contributed by atoms with van der Waals surface area (Å²) < 4.78 is 20.4. The summed E-state index contributed by atoms with van der Waals surface area (Å²) in [5.41, 5.74) is 0.730. The summed E-state index contributed by atoms with van der Waals surface area (Å²) in [6.45, 7) is 3.65. The minimum atomic E-state index is -1.30. The number of rotatable bonds is 6. The molecule has 27 heavy (non-hydrogen) atoms. The minimum Gasteiger partial charge on any atom is -0.495 e. The van der Waals surface area contributed by atoms with Crippen molar-refractivity contribution in [3.8, 4) is 0 Å². The molecule has 8 nitrogen and oxygen atoms in total. The molecule has 2 atom stereocenters. The quantitative estimate of drug-likeness (QED) is 0.553. The van der Waals surface area contributed by atoms with Crippen molar-refractivity contribution in [2.45, 2.75) is 32.5 Å². The highest BCUT2D eigenvalue weighted by Crippen LogP contribution is 2.33. The molecule has 0 radical (unpaired) electrons. The van der Waals surface area contributed by atoms with Gasteiger partial charge < -0.3 is 18.9 Å². The Hall–Kier alpha value is -3.03. The Morgan fingerprint density at radius 1 is 1.07 bits per heavy atom. The van der Waals surface area contributed by atoms with Crippen LogP contribution in [-0.2, 0) is 35.1 Å². The number of benzene rings is 1. The van der Waals surface area contributed by atoms with Crippen molar-refractivity contribution >= 4 is 18.0 Å². The Kier molecular flexibility index (Phi) is 6.81. The number of methoxy groups -OCH3 is 2. The van der Waals surface area contributed by atoms with E-state index in [4.69, 9.17) is 18.9 Å². The SMILES string of the molecule is CCOC1=C(C(=O)OC)[C@H](C(=O)OC)N(C(=O)OCc2ccccc2)[C@H]1C. The molecule has 0 fully saturated rings. The highest BCUT2D eigenvalue weighted by atomic mass is 16.6. The fraction of sp³-hybridized carbons (Fsp3) is 0.421. The van der Waals surface area contributed by atoms with Crippen molar-refractivity contribution in [3.05, 3.63) is 47.2 Å². The number of carbonyl (C=O) groups excluding carboxylic acids is 3. The van der Waals surface area contributed by atoms with E-state index in [2.05, 4.69) is 0 Å². The summed E-state index contributed by atoms with van der Waals surface area (Å²) in [5, 5.41) is 0. The van der Waals surface area contributed by atoms with Gasteiger partial charge in [-0.1, -0.05) is 30.3 Å². The maximum atomic E-state index is 12.7. The zero-order chi connectivity index (χ0) is 20.0. The van der Waals surface area contributed by atoms with Crippen molar-refractivity contribution in [1.29, 1.82) is 0 Å². The number of nitrogens with zero attached hydrogens (tertiary/aromatic N) is 1. The maximum Gasteiger partial charge on any atom is 0.411 e. The van der Waals surface area contributed by atoms with Gasteiger partial charge in [0.2, 0.25) is 0 Å². The lowest BCUT2D eigenvalue weighted by molar-refractivity contribution is -0.147. The monoisotopic (exact) mass is 377 g/mol. The second-order valence-corrected chi connectivity index (χ2v) is 5.75. The van der Waals surface area contributed by atoms with E-state index < -0.39 is 30.1 Å². The molecule has 1 amide bonds. The highest BCUT2D eigenvalue weighted by Gasteiger charge is 2.50. The first-order chi connectivity index (χ1) is 13.0. The predicted octanol–water partition coefficient (Wildman–Crippen LogP) is 2.03. The second kappa shape index (κ2) is 9.07. The minimum absolute atomic E-state index is 0.0221. The third-order valence-electron chi connectivity index (χ3n) is 4.16. The lowest BCUT2D eigenvalue weighted by Crippen LogP contribution is -2.47. The van der Waals surface area contributed by atoms with Crippen LogP contribution in [0.4, 0.5) is 4.79 Å². The Morgan fingerprint density at radius 3 is 2.30 bits per heavy atom. The lowest BCUT2D eigenvalue weighted by Gasteiger charge is -2.27. The van der Waals surface area contributed by atoms with Crippen molar-refractivity contribution in [1.82, 2.24) is 4.90 Å². The molecule has 0 bridgehead atoms. The third-order valence-corrected chi connectivity index (χ3v) is 4.16. The smallest absolute Gasteiger partial charge is 0.411 e. The van der Waals surface area contributed by atoms with Crippen LogP contribution in [0.5, 0.6) is 0 Å². The number of hydrogen-bond acceptors (Lipinski definition) is 7. The molecule has 1 heterocycles. The second-order valence-electron chi connectivity index (χ2n) is 5.75. The maximum absolute atomic E-state index is 12.7. The van der Waals surface area contributed by atoms with E-state index in [1.165, 1.54) is 14.2 Å². The summed E-state index contributed by atoms with van der Waals surface area (Å²) in [5.74, 6) is -1.36. The molecule has 0 aromatic heterocycles. The topological polar surface area (TPSA) is 91.4 Å². The first-order valence-corrected chi connectivity index (χ1v) is 8.48. The number of esters is 2. The summed E-state index contributed by atoms with van der Waals surface area (Å²) >= 11 is 0. The molecule has 0 aliphatic carbocycles. The first-order valence-electron chi connectivity index (χ1n) is 8.48. The fourth-order valence-corrected chi connectivity index (χ4v) is 2.93. The van der Waals surface area contributed by atoms with Crippen LogP contribution >= 0.6 is 0 Å². The van der Waals surface area contributed by atoms with Gasteiger partial charge >= 0.3 is 18.0 Å². The normalized spacial score (nSPS) is 18.9. The fourth-order valence-electron chi connectivity index (χ4n) is 2.93. The molecule has 0 unspecified atom stereocenters. The largest absolute Gasteiger partial charge is 0.495 e. The van der Waals surface area contributed by atoms with E-state index in [9.17, 15) is 14.4 Å². The van der Waals surface area contributed by atoms with Crippen LogP contribution in [0.2, 0.25) is 0 Å². The van der Waals surface area contributed by atoms with E-state index >= 15 is 0 Å². The summed E-state index contributed by atoms with van der Waals surface area (Å²) in [4.78, 5) is 38.5. The van der Waals surface area contributed by atoms with E-state index in [-0.39, 0.29) is 24.5 Å². The summed E-state index contributed by atoms with van der Waals surface area (Å²) in [6.07, 6.45) is -0.766. The molecule has 146 valence electrons. The van der Waals surface area contributed by atoms with Crippen LogP contribution in [0.15, 0.2) is 41.7 Å². The van der Waals surface area contributed by atoms with Gasteiger partial charge in [0.15, 0.2) is 6.04 Å². The number of amides is 1. The number of carbonyl (C=O) groups is 3. The van der Waals surface area contributed by atoms with E-state index in [1.807, 2.05) is 30.3 Å². The van der Waals surface area contributed by atoms with Gasteiger partial charge in [0.05, 0.1) is 26.9 Å². The van der Waals surface area contributed by atoms with E-state index in [0.717, 1.165) is 10.5 Å². The standard InChI is InChI=1S/C19H23NO7/c1-5-26-16-12(2)20(15(18(22)25-4)14(16)17(21)24-3)19(23)27-11-13-9-7-6-8-10-13/h6-10,12,15H,5,11H2,1-4H3/t12-,15+/m0/s1. The Balaban J connectivity index is 2.32. The lowest BCUT2D eigenvalue weighted by atomic mass is 10.1. The highest BCUT2D eigenvalue weighted by molar-refractivity contribution is 6.01. The van der Waals surface area contributed by atoms with Crippen molar-refractivity contribution < 1.29 is 33.3 Å². The average Bonchev–Trinajstić information content (AvgIpc) is 2.98. The van der Waals surface area contributed by atoms with Crippen LogP contribution in [0.3, 0.4) is 0 Å². The molecule has 0 spiro atoms. The van der Waals surface area contributed by atoms with Crippen LogP contribution < -0.4 is 0 Å². The van der Waals surface area contributed by atoms with Crippen LogP contribution in [0.1, 0.15) is 19.4 Å². The van der Waals surface area contributed by atoms with Gasteiger partial charge in [0.1, 0.15) is 17.9 Å². The van der Waals surface area contributed by atoms with Gasteiger partial charge in [-0.25, -0.2) is 14.4 Å². The molecular weight excluding hydrogens is 354 g/mol. The van der Waals surface area contributed by atoms with Crippen molar-refractivity contribution in [3.63, 3.8) is 0 Å². The molecule has 0 N–H and O–H groups in total. The van der Waals surface area contributed by atoms with E-state index in [1.54, 1.807) is 13.8 Å². The molecule has 1 aliphatic heterocycles. The molecule has 0 saturated carbocycles. The van der Waals surface area contributed by atoms with Gasteiger partial charge in [-0.15, -0.1) is 0 Å². The zero-order valence-electron chi connectivity index (χ0n) is 15.8. The van der Waals surface area contributed by atoms with Crippen molar-refractivity contribution in [2.75, 3.05) is 20.8 Å². The molecule has 1 aromatic carbocycles. The van der Waals surface area contributed by atoms with Crippen molar-refractivity contribution in [2.24, 2.45) is 0 Å². The van der Waals surface area contributed by atoms with E-state index in [0.29, 0.717) is 0 Å². The van der Waals surface area contributed by atoms with Gasteiger partial charge in [0, 0.05) is 0 Å². The zero-order valence-corrected chi connectivity index (χ0v) is 15.8. The van der Waals surface area contributed by atoms with Crippen LogP contribution in [0.25, 0.3) is 0 Å². The molecule has 1 aromatic rings. The van der Waals surface area contributed by atoms with Gasteiger partial charge in [-0.3, -0.25) is 4.90 Å². The number of ether oxygens (including phenoxy) is 4. The Labute approximate surface area is 157 Å². The number of hydrogen-bond donors (Lipinski definition) is 0. The predicted molar refractivity (Wildman–Crippen MR) is 94.4 cm³/mol. The van der Waals surface area contributed by atoms with Gasteiger partial charge in [-0.05, 0) is 19.4 Å². The van der Waals surface area contributed by atoms with Crippen LogP contribution in [-0.4, -0.2) is 55.8 Å². The third kappa shape index (κ3) is 4.21. The average molecular weight is 377 g/mol. The molecule has 2 rings (SSSR count). The van der Waals surface area contributed by atoms with Gasteiger partial charge in [-0.2, -0.15) is 0 Å². The van der Waals surface area contributed by atoms with Gasteiger partial charge in [0.25, 0.3) is 0 Å². The molecular formula is C19H23NO7. The Morgan fingerprint density at radius 2 is 1.74 bits per heavy atom. The summed E-state index contributed by atoms with van der Waals surface area (Å²) in [6, 6.07) is 7.10.